The number of rotatable bonds is 3. The summed E-state index contributed by atoms with van der Waals surface area (Å²) in [5.74, 6) is -0.00533. The van der Waals surface area contributed by atoms with Crippen molar-refractivity contribution >= 4 is 29.1 Å². The van der Waals surface area contributed by atoms with Crippen LogP contribution in [0.15, 0.2) is 18.7 Å². The Morgan fingerprint density at radius 2 is 2.32 bits per heavy atom. The van der Waals surface area contributed by atoms with Crippen molar-refractivity contribution in [2.24, 2.45) is 16.7 Å². The topological polar surface area (TPSA) is 70.4 Å². The molecule has 7 heteroatoms. The first-order valence-corrected chi connectivity index (χ1v) is 9.36. The molecule has 0 bridgehead atoms. The van der Waals surface area contributed by atoms with Crippen molar-refractivity contribution in [3.8, 4) is 0 Å². The molecule has 6 nitrogen and oxygen atoms in total. The number of imidazole rings is 1. The van der Waals surface area contributed by atoms with Crippen LogP contribution < -0.4 is 0 Å². The monoisotopic (exact) mass is 362 g/mol. The summed E-state index contributed by atoms with van der Waals surface area (Å²) < 4.78 is 13.1. The van der Waals surface area contributed by atoms with E-state index in [1.807, 2.05) is 0 Å². The number of hydrogen-bond acceptors (Lipinski definition) is 6. The van der Waals surface area contributed by atoms with Gasteiger partial charge in [-0.3, -0.25) is 14.2 Å². The van der Waals surface area contributed by atoms with E-state index in [1.54, 1.807) is 30.2 Å². The lowest BCUT2D eigenvalue weighted by Crippen LogP contribution is -2.70. The lowest BCUT2D eigenvalue weighted by atomic mass is 9.39. The van der Waals surface area contributed by atoms with Crippen LogP contribution in [0.2, 0.25) is 0 Å². The van der Waals surface area contributed by atoms with Crippen LogP contribution in [-0.2, 0) is 19.1 Å². The molecule has 3 saturated carbocycles. The number of carbonyl (C=O) groups is 2. The van der Waals surface area contributed by atoms with E-state index in [-0.39, 0.29) is 24.5 Å². The van der Waals surface area contributed by atoms with E-state index in [0.29, 0.717) is 23.9 Å². The van der Waals surface area contributed by atoms with Crippen LogP contribution in [-0.4, -0.2) is 39.2 Å². The summed E-state index contributed by atoms with van der Waals surface area (Å²) in [5.41, 5.74) is -1.49. The second kappa shape index (κ2) is 5.90. The number of nitrogens with zero attached hydrogens (tertiary/aromatic N) is 2. The van der Waals surface area contributed by atoms with Crippen LogP contribution in [0.4, 0.5) is 0 Å². The fourth-order valence-corrected chi connectivity index (χ4v) is 5.75. The predicted octanol–water partition coefficient (Wildman–Crippen LogP) is 2.50. The molecule has 1 aromatic rings. The smallest absolute Gasteiger partial charge is 0.320 e. The average molecular weight is 362 g/mol. The number of carbonyl (C=O) groups excluding carboxylic acids is 2. The molecule has 0 unspecified atom stereocenters. The number of esters is 1. The molecular formula is C18H22N2O4S. The Bertz CT molecular complexity index is 719. The molecule has 0 amide bonds. The Kier molecular flexibility index (Phi) is 3.94. The van der Waals surface area contributed by atoms with Crippen molar-refractivity contribution in [3.05, 3.63) is 18.7 Å². The van der Waals surface area contributed by atoms with Crippen molar-refractivity contribution in [3.63, 3.8) is 0 Å². The Labute approximate surface area is 151 Å². The van der Waals surface area contributed by atoms with E-state index in [2.05, 4.69) is 4.98 Å². The molecule has 1 spiro atoms. The number of ketones is 1. The van der Waals surface area contributed by atoms with Crippen LogP contribution >= 0.6 is 12.2 Å². The summed E-state index contributed by atoms with van der Waals surface area (Å²) in [6.07, 6.45) is 9.19. The van der Waals surface area contributed by atoms with E-state index < -0.39 is 10.8 Å². The lowest BCUT2D eigenvalue weighted by molar-refractivity contribution is -0.217. The predicted molar refractivity (Wildman–Crippen MR) is 92.8 cm³/mol. The van der Waals surface area contributed by atoms with Gasteiger partial charge in [-0.15, -0.1) is 0 Å². The second-order valence-electron chi connectivity index (χ2n) is 7.26. The van der Waals surface area contributed by atoms with Gasteiger partial charge in [0.1, 0.15) is 17.8 Å². The standard InChI is InChI=1S/C18H22N2O4S/c1-2-23-15(22)18-10-12-5-6-14(17(12,18)7-3-4-13(18)21)24-16(25)20-9-8-19-11-20/h8-9,11-12,14H,2-7,10H2,1H3/t12-,14+,17+,18+/m0/s1. The maximum Gasteiger partial charge on any atom is 0.320 e. The van der Waals surface area contributed by atoms with E-state index >= 15 is 0 Å². The molecule has 3 fully saturated rings. The van der Waals surface area contributed by atoms with Crippen molar-refractivity contribution in [2.45, 2.75) is 51.6 Å². The number of thiocarbonyl (C=S) groups is 1. The molecular weight excluding hydrogens is 340 g/mol. The first-order chi connectivity index (χ1) is 12.1. The molecule has 25 heavy (non-hydrogen) atoms. The Morgan fingerprint density at radius 3 is 3.04 bits per heavy atom. The summed E-state index contributed by atoms with van der Waals surface area (Å²) in [5, 5.41) is 0.320. The lowest BCUT2D eigenvalue weighted by Gasteiger charge is -2.62. The molecule has 1 heterocycles. The van der Waals surface area contributed by atoms with Gasteiger partial charge in [-0.05, 0) is 57.2 Å². The van der Waals surface area contributed by atoms with Crippen LogP contribution in [0.1, 0.15) is 45.4 Å². The molecule has 134 valence electrons. The fourth-order valence-electron chi connectivity index (χ4n) is 5.53. The van der Waals surface area contributed by atoms with Crippen LogP contribution in [0.5, 0.6) is 0 Å². The maximum atomic E-state index is 12.9. The summed E-state index contributed by atoms with van der Waals surface area (Å²) in [4.78, 5) is 29.7. The molecule has 0 radical (unpaired) electrons. The average Bonchev–Trinajstić information content (AvgIpc) is 3.17. The van der Waals surface area contributed by atoms with Crippen LogP contribution in [0, 0.1) is 16.7 Å². The summed E-state index contributed by atoms with van der Waals surface area (Å²) in [6, 6.07) is 0. The van der Waals surface area contributed by atoms with Gasteiger partial charge in [-0.1, -0.05) is 0 Å². The highest BCUT2D eigenvalue weighted by molar-refractivity contribution is 7.80. The van der Waals surface area contributed by atoms with Gasteiger partial charge in [0.15, 0.2) is 5.78 Å². The molecule has 4 atom stereocenters. The van der Waals surface area contributed by atoms with Crippen molar-refractivity contribution < 1.29 is 19.1 Å². The van der Waals surface area contributed by atoms with Gasteiger partial charge in [0, 0.05) is 24.2 Å². The van der Waals surface area contributed by atoms with Crippen molar-refractivity contribution in [1.82, 2.24) is 9.55 Å². The Hall–Kier alpha value is -1.76. The van der Waals surface area contributed by atoms with Gasteiger partial charge in [0.05, 0.1) is 6.61 Å². The zero-order valence-corrected chi connectivity index (χ0v) is 15.1. The van der Waals surface area contributed by atoms with Gasteiger partial charge in [-0.2, -0.15) is 0 Å². The molecule has 0 aliphatic heterocycles. The Balaban J connectivity index is 1.67. The van der Waals surface area contributed by atoms with E-state index in [9.17, 15) is 9.59 Å². The molecule has 0 N–H and O–H groups in total. The normalized spacial score (nSPS) is 36.1. The zero-order chi connectivity index (χ0) is 17.7. The number of ether oxygens (including phenoxy) is 2. The first kappa shape index (κ1) is 16.7. The summed E-state index contributed by atoms with van der Waals surface area (Å²) in [7, 11) is 0. The molecule has 3 aliphatic carbocycles. The first-order valence-electron chi connectivity index (χ1n) is 8.95. The third kappa shape index (κ3) is 2.08. The number of hydrogen-bond donors (Lipinski definition) is 0. The fraction of sp³-hybridized carbons (Fsp3) is 0.667. The van der Waals surface area contributed by atoms with E-state index in [4.69, 9.17) is 21.7 Å². The third-order valence-corrected chi connectivity index (χ3v) is 6.79. The summed E-state index contributed by atoms with van der Waals surface area (Å²) >= 11 is 5.40. The van der Waals surface area contributed by atoms with Gasteiger partial charge in [0.25, 0.3) is 5.17 Å². The highest BCUT2D eigenvalue weighted by Crippen LogP contribution is 2.73. The van der Waals surface area contributed by atoms with E-state index in [0.717, 1.165) is 25.7 Å². The zero-order valence-electron chi connectivity index (χ0n) is 14.3. The van der Waals surface area contributed by atoms with Crippen LogP contribution in [0.25, 0.3) is 0 Å². The van der Waals surface area contributed by atoms with Gasteiger partial charge in [-0.25, -0.2) is 4.98 Å². The van der Waals surface area contributed by atoms with Crippen molar-refractivity contribution in [1.29, 1.82) is 0 Å². The van der Waals surface area contributed by atoms with Crippen LogP contribution in [0.3, 0.4) is 0 Å². The molecule has 1 aromatic heterocycles. The molecule has 0 saturated heterocycles. The number of Topliss-reactive ketones (excluding diaryl/α,β-unsaturated/α-hetero) is 1. The molecule has 4 rings (SSSR count). The minimum Gasteiger partial charge on any atom is -0.466 e. The SMILES string of the molecule is CCOC(=O)[C@]12C[C@@H]3CC[C@@H](OC(=S)n4ccnc4)[C@@]31CCCC2=O. The largest absolute Gasteiger partial charge is 0.466 e. The third-order valence-electron chi connectivity index (χ3n) is 6.48. The minimum absolute atomic E-state index is 0.0255. The van der Waals surface area contributed by atoms with E-state index in [1.165, 1.54) is 0 Å². The van der Waals surface area contributed by atoms with Gasteiger partial charge in [0.2, 0.25) is 0 Å². The Morgan fingerprint density at radius 1 is 1.48 bits per heavy atom. The molecule has 3 aliphatic rings. The highest BCUT2D eigenvalue weighted by atomic mass is 32.1. The second-order valence-corrected chi connectivity index (χ2v) is 7.61. The highest BCUT2D eigenvalue weighted by Gasteiger charge is 2.79. The van der Waals surface area contributed by atoms with Gasteiger partial charge < -0.3 is 9.47 Å². The molecule has 0 aromatic carbocycles. The minimum atomic E-state index is -1.03. The summed E-state index contributed by atoms with van der Waals surface area (Å²) in [6.45, 7) is 2.06. The number of aromatic nitrogens is 2. The van der Waals surface area contributed by atoms with Gasteiger partial charge >= 0.3 is 5.97 Å². The maximum absolute atomic E-state index is 12.9. The van der Waals surface area contributed by atoms with Crippen molar-refractivity contribution in [2.75, 3.05) is 6.61 Å². The quantitative estimate of drug-likeness (QED) is 0.467.